The number of aromatic nitrogens is 2. The van der Waals surface area contributed by atoms with E-state index < -0.39 is 11.9 Å². The maximum absolute atomic E-state index is 11.4. The number of benzene rings is 1. The quantitative estimate of drug-likeness (QED) is 0.940. The molecular weight excluding hydrogens is 308 g/mol. The molecule has 1 unspecified atom stereocenters. The zero-order valence-corrected chi connectivity index (χ0v) is 12.0. The van der Waals surface area contributed by atoms with Crippen LogP contribution in [0.1, 0.15) is 22.9 Å². The summed E-state index contributed by atoms with van der Waals surface area (Å²) in [4.78, 5) is 11.4. The van der Waals surface area contributed by atoms with Gasteiger partial charge in [-0.2, -0.15) is 10.2 Å². The van der Waals surface area contributed by atoms with E-state index >= 15 is 0 Å². The summed E-state index contributed by atoms with van der Waals surface area (Å²) in [6.07, 6.45) is 0.395. The zero-order chi connectivity index (χ0) is 13.8. The van der Waals surface area contributed by atoms with Crippen molar-refractivity contribution in [1.29, 1.82) is 0 Å². The fourth-order valence-corrected chi connectivity index (χ4v) is 2.26. The average molecular weight is 321 g/mol. The second kappa shape index (κ2) is 5.93. The highest BCUT2D eigenvalue weighted by Crippen LogP contribution is 2.21. The molecule has 0 fully saturated rings. The average Bonchev–Trinajstić information content (AvgIpc) is 2.37. The summed E-state index contributed by atoms with van der Waals surface area (Å²) in [5, 5.41) is 17.2. The summed E-state index contributed by atoms with van der Waals surface area (Å²) < 4.78 is 0.934. The predicted octanol–water partition coefficient (Wildman–Crippen LogP) is 2.96. The van der Waals surface area contributed by atoms with E-state index in [1.807, 2.05) is 31.2 Å². The Balaban J connectivity index is 2.26. The van der Waals surface area contributed by atoms with Crippen LogP contribution in [0.4, 0.5) is 0 Å². The van der Waals surface area contributed by atoms with Crippen molar-refractivity contribution >= 4 is 21.9 Å². The number of nitrogens with zero attached hydrogens (tertiary/aromatic N) is 2. The third-order valence-corrected chi connectivity index (χ3v) is 3.30. The maximum atomic E-state index is 11.4. The van der Waals surface area contributed by atoms with Crippen LogP contribution in [-0.4, -0.2) is 21.3 Å². The van der Waals surface area contributed by atoms with Crippen molar-refractivity contribution in [1.82, 2.24) is 10.2 Å². The molecule has 1 aromatic carbocycles. The number of aryl methyl sites for hydroxylation is 1. The number of carboxylic acids is 1. The van der Waals surface area contributed by atoms with Gasteiger partial charge in [0.15, 0.2) is 0 Å². The highest BCUT2D eigenvalue weighted by molar-refractivity contribution is 9.10. The lowest BCUT2D eigenvalue weighted by Gasteiger charge is -2.11. The molecule has 0 aliphatic heterocycles. The van der Waals surface area contributed by atoms with E-state index in [0.717, 1.165) is 15.7 Å². The molecule has 0 spiro atoms. The highest BCUT2D eigenvalue weighted by atomic mass is 79.9. The summed E-state index contributed by atoms with van der Waals surface area (Å²) in [5.74, 6) is -1.57. The number of hydrogen-bond donors (Lipinski definition) is 1. The second-order valence-electron chi connectivity index (χ2n) is 4.32. The van der Waals surface area contributed by atoms with Crippen molar-refractivity contribution in [2.75, 3.05) is 0 Å². The third-order valence-electron chi connectivity index (χ3n) is 2.80. The highest BCUT2D eigenvalue weighted by Gasteiger charge is 2.22. The molecule has 0 aliphatic carbocycles. The van der Waals surface area contributed by atoms with Crippen LogP contribution in [-0.2, 0) is 11.2 Å². The lowest BCUT2D eigenvalue weighted by Crippen LogP contribution is -2.16. The van der Waals surface area contributed by atoms with Crippen LogP contribution < -0.4 is 0 Å². The number of aliphatic carboxylic acids is 1. The van der Waals surface area contributed by atoms with Gasteiger partial charge in [0.25, 0.3) is 0 Å². The van der Waals surface area contributed by atoms with Gasteiger partial charge in [-0.1, -0.05) is 28.1 Å². The van der Waals surface area contributed by atoms with Crippen molar-refractivity contribution in [3.63, 3.8) is 0 Å². The monoisotopic (exact) mass is 320 g/mol. The lowest BCUT2D eigenvalue weighted by atomic mass is 9.96. The Hall–Kier alpha value is -1.75. The molecule has 4 nitrogen and oxygen atoms in total. The van der Waals surface area contributed by atoms with Gasteiger partial charge < -0.3 is 5.11 Å². The van der Waals surface area contributed by atoms with Gasteiger partial charge in [0.05, 0.1) is 11.4 Å². The largest absolute Gasteiger partial charge is 0.481 e. The molecule has 0 amide bonds. The van der Waals surface area contributed by atoms with Gasteiger partial charge in [0.1, 0.15) is 5.92 Å². The lowest BCUT2D eigenvalue weighted by molar-refractivity contribution is -0.138. The first-order valence-corrected chi connectivity index (χ1v) is 6.63. The molecule has 1 atom stereocenters. The molecule has 5 heteroatoms. The van der Waals surface area contributed by atoms with Gasteiger partial charge in [-0.25, -0.2) is 0 Å². The number of halogens is 1. The molecule has 1 heterocycles. The molecule has 2 aromatic rings. The Kier molecular flexibility index (Phi) is 4.27. The van der Waals surface area contributed by atoms with E-state index in [-0.39, 0.29) is 0 Å². The van der Waals surface area contributed by atoms with Crippen LogP contribution in [0, 0.1) is 6.92 Å². The van der Waals surface area contributed by atoms with Crippen LogP contribution >= 0.6 is 15.9 Å². The van der Waals surface area contributed by atoms with E-state index in [1.165, 1.54) is 0 Å². The van der Waals surface area contributed by atoms with Crippen molar-refractivity contribution < 1.29 is 9.90 Å². The van der Waals surface area contributed by atoms with Crippen LogP contribution in [0.25, 0.3) is 0 Å². The Labute approximate surface area is 119 Å². The van der Waals surface area contributed by atoms with Crippen molar-refractivity contribution in [2.24, 2.45) is 0 Å². The van der Waals surface area contributed by atoms with Crippen LogP contribution in [0.15, 0.2) is 40.9 Å². The van der Waals surface area contributed by atoms with Gasteiger partial charge >= 0.3 is 5.97 Å². The molecular formula is C14H13BrN2O2. The van der Waals surface area contributed by atoms with Crippen LogP contribution in [0.2, 0.25) is 0 Å². The minimum absolute atomic E-state index is 0.395. The zero-order valence-electron chi connectivity index (χ0n) is 10.4. The van der Waals surface area contributed by atoms with Crippen molar-refractivity contribution in [2.45, 2.75) is 19.3 Å². The number of carboxylic acid groups (broad SMARTS) is 1. The Morgan fingerprint density at radius 1 is 1.32 bits per heavy atom. The van der Waals surface area contributed by atoms with Gasteiger partial charge in [-0.3, -0.25) is 4.79 Å². The van der Waals surface area contributed by atoms with Gasteiger partial charge in [-0.15, -0.1) is 0 Å². The standard InChI is InChI=1S/C14H13BrN2O2/c1-9-5-6-13(17-16-9)12(14(18)19)8-10-3-2-4-11(15)7-10/h2-7,12H,8H2,1H3,(H,18,19). The minimum Gasteiger partial charge on any atom is -0.481 e. The molecule has 0 saturated heterocycles. The predicted molar refractivity (Wildman–Crippen MR) is 75.0 cm³/mol. The van der Waals surface area contributed by atoms with E-state index in [9.17, 15) is 9.90 Å². The summed E-state index contributed by atoms with van der Waals surface area (Å²) >= 11 is 3.38. The summed E-state index contributed by atoms with van der Waals surface area (Å²) in [7, 11) is 0. The van der Waals surface area contributed by atoms with E-state index in [0.29, 0.717) is 12.1 Å². The number of rotatable bonds is 4. The SMILES string of the molecule is Cc1ccc(C(Cc2cccc(Br)c2)C(=O)O)nn1. The molecule has 0 saturated carbocycles. The molecule has 19 heavy (non-hydrogen) atoms. The third kappa shape index (κ3) is 3.61. The first-order chi connectivity index (χ1) is 9.06. The molecule has 98 valence electrons. The van der Waals surface area contributed by atoms with E-state index in [1.54, 1.807) is 12.1 Å². The Morgan fingerprint density at radius 3 is 2.68 bits per heavy atom. The molecule has 1 aromatic heterocycles. The van der Waals surface area contributed by atoms with Gasteiger partial charge in [-0.05, 0) is 43.2 Å². The number of carbonyl (C=O) groups is 1. The van der Waals surface area contributed by atoms with Crippen LogP contribution in [0.5, 0.6) is 0 Å². The molecule has 0 bridgehead atoms. The fourth-order valence-electron chi connectivity index (χ4n) is 1.81. The molecule has 2 rings (SSSR count). The molecule has 0 radical (unpaired) electrons. The first kappa shape index (κ1) is 13.7. The second-order valence-corrected chi connectivity index (χ2v) is 5.24. The smallest absolute Gasteiger partial charge is 0.313 e. The molecule has 1 N–H and O–H groups in total. The number of hydrogen-bond acceptors (Lipinski definition) is 3. The summed E-state index contributed by atoms with van der Waals surface area (Å²) in [5.41, 5.74) is 2.21. The fraction of sp³-hybridized carbons (Fsp3) is 0.214. The topological polar surface area (TPSA) is 63.1 Å². The summed E-state index contributed by atoms with van der Waals surface area (Å²) in [6, 6.07) is 11.1. The first-order valence-electron chi connectivity index (χ1n) is 5.84. The minimum atomic E-state index is -0.891. The normalized spacial score (nSPS) is 12.1. The van der Waals surface area contributed by atoms with E-state index in [2.05, 4.69) is 26.1 Å². The van der Waals surface area contributed by atoms with Crippen molar-refractivity contribution in [3.8, 4) is 0 Å². The maximum Gasteiger partial charge on any atom is 0.313 e. The van der Waals surface area contributed by atoms with Crippen LogP contribution in [0.3, 0.4) is 0 Å². The summed E-state index contributed by atoms with van der Waals surface area (Å²) in [6.45, 7) is 1.82. The van der Waals surface area contributed by atoms with Gasteiger partial charge in [0, 0.05) is 4.47 Å². The Bertz CT molecular complexity index is 584. The van der Waals surface area contributed by atoms with E-state index in [4.69, 9.17) is 0 Å². The van der Waals surface area contributed by atoms with Gasteiger partial charge in [0.2, 0.25) is 0 Å². The van der Waals surface area contributed by atoms with Crippen molar-refractivity contribution in [3.05, 3.63) is 57.8 Å². The Morgan fingerprint density at radius 2 is 2.11 bits per heavy atom. The molecule has 0 aliphatic rings.